The minimum atomic E-state index is -3.31. The van der Waals surface area contributed by atoms with Crippen molar-refractivity contribution in [1.82, 2.24) is 0 Å². The van der Waals surface area contributed by atoms with Crippen LogP contribution in [0.4, 0.5) is 11.4 Å². The number of benzene rings is 1. The number of anilines is 2. The lowest BCUT2D eigenvalue weighted by Gasteiger charge is -2.10. The molecule has 2 aromatic rings. The molecule has 1 amide bonds. The maximum atomic E-state index is 11.9. The molecule has 2 N–H and O–H groups in total. The fourth-order valence-electron chi connectivity index (χ4n) is 1.66. The second-order valence-corrected chi connectivity index (χ2v) is 7.03. The fraction of sp³-hybridized carbons (Fsp3) is 0.154. The van der Waals surface area contributed by atoms with Crippen LogP contribution in [0.3, 0.4) is 0 Å². The molecular formula is C13H14N2O3S2. The Morgan fingerprint density at radius 3 is 2.55 bits per heavy atom. The summed E-state index contributed by atoms with van der Waals surface area (Å²) in [6.45, 7) is 1.77. The van der Waals surface area contributed by atoms with Gasteiger partial charge in [-0.15, -0.1) is 11.3 Å². The minimum Gasteiger partial charge on any atom is -0.321 e. The van der Waals surface area contributed by atoms with Gasteiger partial charge in [0.05, 0.1) is 16.8 Å². The van der Waals surface area contributed by atoms with Gasteiger partial charge in [-0.25, -0.2) is 8.42 Å². The van der Waals surface area contributed by atoms with Crippen LogP contribution in [-0.2, 0) is 10.0 Å². The van der Waals surface area contributed by atoms with Gasteiger partial charge >= 0.3 is 0 Å². The lowest BCUT2D eigenvalue weighted by Crippen LogP contribution is -2.12. The van der Waals surface area contributed by atoms with E-state index >= 15 is 0 Å². The van der Waals surface area contributed by atoms with E-state index in [2.05, 4.69) is 10.0 Å². The van der Waals surface area contributed by atoms with Gasteiger partial charge in [-0.1, -0.05) is 6.07 Å². The molecule has 0 bridgehead atoms. The molecule has 0 aliphatic heterocycles. The molecule has 1 heterocycles. The Morgan fingerprint density at radius 2 is 2.00 bits per heavy atom. The van der Waals surface area contributed by atoms with Gasteiger partial charge in [0.1, 0.15) is 0 Å². The molecule has 2 rings (SSSR count). The molecule has 0 fully saturated rings. The third-order valence-corrected chi connectivity index (χ3v) is 3.98. The lowest BCUT2D eigenvalue weighted by atomic mass is 10.2. The van der Waals surface area contributed by atoms with Gasteiger partial charge in [-0.2, -0.15) is 0 Å². The number of hydrogen-bond acceptors (Lipinski definition) is 4. The first-order chi connectivity index (χ1) is 9.35. The fourth-order valence-corrected chi connectivity index (χ4v) is 2.90. The van der Waals surface area contributed by atoms with Gasteiger partial charge in [-0.3, -0.25) is 9.52 Å². The minimum absolute atomic E-state index is 0.178. The predicted octanol–water partition coefficient (Wildman–Crippen LogP) is 2.68. The predicted molar refractivity (Wildman–Crippen MR) is 81.9 cm³/mol. The summed E-state index contributed by atoms with van der Waals surface area (Å²) in [5.41, 5.74) is 1.86. The van der Waals surface area contributed by atoms with Crippen molar-refractivity contribution in [1.29, 1.82) is 0 Å². The van der Waals surface area contributed by atoms with E-state index in [0.717, 1.165) is 11.8 Å². The molecule has 0 unspecified atom stereocenters. The molecule has 0 atom stereocenters. The summed E-state index contributed by atoms with van der Waals surface area (Å²) in [5.74, 6) is -0.178. The molecule has 0 spiro atoms. The molecule has 0 radical (unpaired) electrons. The molecule has 0 aliphatic carbocycles. The molecule has 106 valence electrons. The average Bonchev–Trinajstić information content (AvgIpc) is 2.85. The summed E-state index contributed by atoms with van der Waals surface area (Å²) in [5, 5.41) is 4.60. The first-order valence-electron chi connectivity index (χ1n) is 5.78. The van der Waals surface area contributed by atoms with Crippen LogP contribution in [0.5, 0.6) is 0 Å². The molecule has 0 saturated carbocycles. The molecule has 0 saturated heterocycles. The quantitative estimate of drug-likeness (QED) is 0.911. The molecule has 0 aliphatic rings. The zero-order chi connectivity index (χ0) is 14.8. The summed E-state index contributed by atoms with van der Waals surface area (Å²) in [6.07, 6.45) is 1.10. The highest BCUT2D eigenvalue weighted by molar-refractivity contribution is 7.92. The third-order valence-electron chi connectivity index (χ3n) is 2.52. The Morgan fingerprint density at radius 1 is 1.25 bits per heavy atom. The Labute approximate surface area is 121 Å². The van der Waals surface area contributed by atoms with Crippen LogP contribution in [0.25, 0.3) is 0 Å². The monoisotopic (exact) mass is 310 g/mol. The van der Waals surface area contributed by atoms with Crippen molar-refractivity contribution >= 4 is 38.6 Å². The van der Waals surface area contributed by atoms with Gasteiger partial charge in [0.15, 0.2) is 0 Å². The van der Waals surface area contributed by atoms with E-state index in [1.807, 2.05) is 11.4 Å². The van der Waals surface area contributed by atoms with Crippen molar-refractivity contribution in [3.63, 3.8) is 0 Å². The number of aryl methyl sites for hydroxylation is 1. The van der Waals surface area contributed by atoms with Crippen molar-refractivity contribution in [2.24, 2.45) is 0 Å². The van der Waals surface area contributed by atoms with Crippen molar-refractivity contribution < 1.29 is 13.2 Å². The smallest absolute Gasteiger partial charge is 0.265 e. The lowest BCUT2D eigenvalue weighted by molar-refractivity contribution is 0.103. The van der Waals surface area contributed by atoms with Crippen LogP contribution >= 0.6 is 11.3 Å². The maximum absolute atomic E-state index is 11.9. The van der Waals surface area contributed by atoms with Gasteiger partial charge in [-0.05, 0) is 42.1 Å². The zero-order valence-corrected chi connectivity index (χ0v) is 12.6. The molecular weight excluding hydrogens is 296 g/mol. The number of rotatable bonds is 4. The summed E-state index contributed by atoms with van der Waals surface area (Å²) in [7, 11) is -3.31. The van der Waals surface area contributed by atoms with Gasteiger partial charge < -0.3 is 5.32 Å². The molecule has 5 nitrogen and oxygen atoms in total. The number of nitrogens with one attached hydrogen (secondary N) is 2. The molecule has 1 aromatic carbocycles. The Kier molecular flexibility index (Phi) is 4.10. The van der Waals surface area contributed by atoms with Crippen LogP contribution < -0.4 is 10.0 Å². The van der Waals surface area contributed by atoms with Crippen LogP contribution in [0.2, 0.25) is 0 Å². The van der Waals surface area contributed by atoms with E-state index in [9.17, 15) is 13.2 Å². The molecule has 20 heavy (non-hydrogen) atoms. The number of thiophene rings is 1. The summed E-state index contributed by atoms with van der Waals surface area (Å²) in [6, 6.07) is 8.56. The second-order valence-electron chi connectivity index (χ2n) is 4.34. The Bertz CT molecular complexity index is 722. The number of carbonyl (C=O) groups excluding carboxylic acids is 1. The highest BCUT2D eigenvalue weighted by Gasteiger charge is 2.09. The summed E-state index contributed by atoms with van der Waals surface area (Å²) < 4.78 is 24.8. The van der Waals surface area contributed by atoms with Crippen LogP contribution in [0.1, 0.15) is 15.2 Å². The normalized spacial score (nSPS) is 11.1. The summed E-state index contributed by atoms with van der Waals surface area (Å²) in [4.78, 5) is 12.5. The van der Waals surface area contributed by atoms with E-state index in [1.54, 1.807) is 31.2 Å². The largest absolute Gasteiger partial charge is 0.321 e. The number of hydrogen-bond donors (Lipinski definition) is 2. The van der Waals surface area contributed by atoms with Gasteiger partial charge in [0, 0.05) is 5.69 Å². The standard InChI is InChI=1S/C13H14N2O3S2/c1-9-8-10(5-6-11(9)15-20(2,17)18)14-13(16)12-4-3-7-19-12/h3-8,15H,1-2H3,(H,14,16). The van der Waals surface area contributed by atoms with Crippen molar-refractivity contribution in [3.05, 3.63) is 46.2 Å². The number of sulfonamides is 1. The second kappa shape index (κ2) is 5.64. The van der Waals surface area contributed by atoms with Gasteiger partial charge in [0.2, 0.25) is 10.0 Å². The Hall–Kier alpha value is -1.86. The van der Waals surface area contributed by atoms with Crippen LogP contribution in [-0.4, -0.2) is 20.6 Å². The molecule has 7 heteroatoms. The van der Waals surface area contributed by atoms with E-state index in [1.165, 1.54) is 11.3 Å². The summed E-state index contributed by atoms with van der Waals surface area (Å²) >= 11 is 1.36. The maximum Gasteiger partial charge on any atom is 0.265 e. The Balaban J connectivity index is 2.15. The molecule has 1 aromatic heterocycles. The topological polar surface area (TPSA) is 75.3 Å². The number of amides is 1. The first-order valence-corrected chi connectivity index (χ1v) is 8.55. The van der Waals surface area contributed by atoms with E-state index in [0.29, 0.717) is 16.3 Å². The van der Waals surface area contributed by atoms with Crippen molar-refractivity contribution in [2.45, 2.75) is 6.92 Å². The van der Waals surface area contributed by atoms with Crippen LogP contribution in [0.15, 0.2) is 35.7 Å². The highest BCUT2D eigenvalue weighted by Crippen LogP contribution is 2.21. The van der Waals surface area contributed by atoms with Crippen molar-refractivity contribution in [2.75, 3.05) is 16.3 Å². The third kappa shape index (κ3) is 3.82. The van der Waals surface area contributed by atoms with Gasteiger partial charge in [0.25, 0.3) is 5.91 Å². The SMILES string of the molecule is Cc1cc(NC(=O)c2cccs2)ccc1NS(C)(=O)=O. The van der Waals surface area contributed by atoms with E-state index in [4.69, 9.17) is 0 Å². The van der Waals surface area contributed by atoms with Crippen LogP contribution in [0, 0.1) is 6.92 Å². The first kappa shape index (κ1) is 14.5. The van der Waals surface area contributed by atoms with E-state index in [-0.39, 0.29) is 5.91 Å². The average molecular weight is 310 g/mol. The van der Waals surface area contributed by atoms with E-state index < -0.39 is 10.0 Å². The highest BCUT2D eigenvalue weighted by atomic mass is 32.2. The zero-order valence-electron chi connectivity index (χ0n) is 11.0. The van der Waals surface area contributed by atoms with Crippen molar-refractivity contribution in [3.8, 4) is 0 Å². The number of carbonyl (C=O) groups is 1.